The second-order valence-corrected chi connectivity index (χ2v) is 6.14. The average molecular weight is 320 g/mol. The normalized spacial score (nSPS) is 10.2. The van der Waals surface area contributed by atoms with Gasteiger partial charge < -0.3 is 10.0 Å². The zero-order chi connectivity index (χ0) is 12.8. The van der Waals surface area contributed by atoms with Crippen LogP contribution in [-0.2, 0) is 16.0 Å². The molecule has 4 nitrogen and oxygen atoms in total. The number of nitrogens with zero attached hydrogens (tertiary/aromatic N) is 1. The van der Waals surface area contributed by atoms with Crippen LogP contribution in [0.3, 0.4) is 0 Å². The predicted molar refractivity (Wildman–Crippen MR) is 70.2 cm³/mol. The van der Waals surface area contributed by atoms with Crippen molar-refractivity contribution in [3.63, 3.8) is 0 Å². The van der Waals surface area contributed by atoms with Gasteiger partial charge in [-0.1, -0.05) is 6.92 Å². The van der Waals surface area contributed by atoms with Crippen molar-refractivity contribution >= 4 is 39.1 Å². The molecule has 0 atom stereocenters. The van der Waals surface area contributed by atoms with Gasteiger partial charge in [-0.25, -0.2) is 0 Å². The molecular formula is C11H14BrNO3S. The maximum absolute atomic E-state index is 11.9. The van der Waals surface area contributed by atoms with Crippen molar-refractivity contribution in [1.82, 2.24) is 4.90 Å². The molecule has 0 radical (unpaired) electrons. The Morgan fingerprint density at radius 1 is 1.47 bits per heavy atom. The van der Waals surface area contributed by atoms with Crippen molar-refractivity contribution in [3.8, 4) is 0 Å². The summed E-state index contributed by atoms with van der Waals surface area (Å²) in [4.78, 5) is 24.9. The number of carboxylic acid groups (broad SMARTS) is 1. The van der Waals surface area contributed by atoms with Crippen LogP contribution in [0.4, 0.5) is 0 Å². The first-order valence-corrected chi connectivity index (χ1v) is 6.87. The number of hydrogen-bond donors (Lipinski definition) is 1. The summed E-state index contributed by atoms with van der Waals surface area (Å²) >= 11 is 4.82. The molecule has 17 heavy (non-hydrogen) atoms. The first-order valence-electron chi connectivity index (χ1n) is 5.26. The van der Waals surface area contributed by atoms with Gasteiger partial charge in [-0.3, -0.25) is 9.59 Å². The van der Waals surface area contributed by atoms with Crippen LogP contribution in [0, 0.1) is 0 Å². The molecule has 6 heteroatoms. The number of thiophene rings is 1. The monoisotopic (exact) mass is 319 g/mol. The van der Waals surface area contributed by atoms with E-state index in [-0.39, 0.29) is 18.9 Å². The smallest absolute Gasteiger partial charge is 0.323 e. The molecule has 0 aliphatic heterocycles. The molecule has 0 unspecified atom stereocenters. The fourth-order valence-electron chi connectivity index (χ4n) is 1.43. The molecule has 0 aromatic carbocycles. The highest BCUT2D eigenvalue weighted by Gasteiger charge is 2.16. The number of amides is 1. The minimum Gasteiger partial charge on any atom is -0.480 e. The summed E-state index contributed by atoms with van der Waals surface area (Å²) in [7, 11) is 0. The lowest BCUT2D eigenvalue weighted by atomic mass is 10.3. The van der Waals surface area contributed by atoms with Crippen LogP contribution in [0.2, 0.25) is 0 Å². The molecule has 1 aromatic heterocycles. The van der Waals surface area contributed by atoms with Crippen LogP contribution in [0.1, 0.15) is 18.2 Å². The molecular weight excluding hydrogens is 306 g/mol. The van der Waals surface area contributed by atoms with Crippen molar-refractivity contribution in [2.24, 2.45) is 0 Å². The molecule has 0 fully saturated rings. The number of carbonyl (C=O) groups excluding carboxylic acids is 1. The second-order valence-electron chi connectivity index (χ2n) is 3.59. The third kappa shape index (κ3) is 4.87. The Morgan fingerprint density at radius 2 is 2.18 bits per heavy atom. The fourth-order valence-corrected chi connectivity index (χ4v) is 2.91. The molecule has 0 aliphatic carbocycles. The SMILES string of the molecule is CCCN(CC(=O)O)C(=O)Cc1ccc(Br)s1. The number of carboxylic acids is 1. The van der Waals surface area contributed by atoms with E-state index in [1.54, 1.807) is 0 Å². The molecule has 1 rings (SSSR count). The average Bonchev–Trinajstić information content (AvgIpc) is 2.62. The fraction of sp³-hybridized carbons (Fsp3) is 0.455. The van der Waals surface area contributed by atoms with Crippen molar-refractivity contribution in [3.05, 3.63) is 20.8 Å². The van der Waals surface area contributed by atoms with Crippen LogP contribution in [0.15, 0.2) is 15.9 Å². The number of carbonyl (C=O) groups is 2. The van der Waals surface area contributed by atoms with E-state index in [0.717, 1.165) is 15.1 Å². The second kappa shape index (κ2) is 6.76. The number of halogens is 1. The largest absolute Gasteiger partial charge is 0.480 e. The van der Waals surface area contributed by atoms with Gasteiger partial charge in [-0.15, -0.1) is 11.3 Å². The standard InChI is InChI=1S/C11H14BrNO3S/c1-2-5-13(7-11(15)16)10(14)6-8-3-4-9(12)17-8/h3-4H,2,5-7H2,1H3,(H,15,16). The summed E-state index contributed by atoms with van der Waals surface area (Å²) in [6.07, 6.45) is 1.02. The molecule has 1 amide bonds. The van der Waals surface area contributed by atoms with Crippen molar-refractivity contribution < 1.29 is 14.7 Å². The van der Waals surface area contributed by atoms with Gasteiger partial charge in [0, 0.05) is 11.4 Å². The minimum atomic E-state index is -0.973. The van der Waals surface area contributed by atoms with Crippen LogP contribution in [0.25, 0.3) is 0 Å². The van der Waals surface area contributed by atoms with Gasteiger partial charge >= 0.3 is 5.97 Å². The molecule has 1 aromatic rings. The molecule has 94 valence electrons. The van der Waals surface area contributed by atoms with Gasteiger partial charge in [0.2, 0.25) is 5.91 Å². The van der Waals surface area contributed by atoms with E-state index in [0.29, 0.717) is 6.54 Å². The van der Waals surface area contributed by atoms with E-state index >= 15 is 0 Å². The highest BCUT2D eigenvalue weighted by Crippen LogP contribution is 2.22. The molecule has 0 bridgehead atoms. The predicted octanol–water partition coefficient (Wildman–Crippen LogP) is 2.38. The van der Waals surface area contributed by atoms with Gasteiger partial charge in [0.25, 0.3) is 0 Å². The summed E-state index contributed by atoms with van der Waals surface area (Å²) in [5.41, 5.74) is 0. The first kappa shape index (κ1) is 14.2. The van der Waals surface area contributed by atoms with E-state index in [1.165, 1.54) is 16.2 Å². The molecule has 1 heterocycles. The van der Waals surface area contributed by atoms with Crippen LogP contribution < -0.4 is 0 Å². The van der Waals surface area contributed by atoms with Gasteiger partial charge in [0.1, 0.15) is 6.54 Å². The number of rotatable bonds is 6. The number of hydrogen-bond acceptors (Lipinski definition) is 3. The first-order chi connectivity index (χ1) is 8.02. The van der Waals surface area contributed by atoms with Crippen molar-refractivity contribution in [2.45, 2.75) is 19.8 Å². The molecule has 0 saturated carbocycles. The summed E-state index contributed by atoms with van der Waals surface area (Å²) in [6.45, 7) is 2.18. The minimum absolute atomic E-state index is 0.136. The quantitative estimate of drug-likeness (QED) is 0.875. The Balaban J connectivity index is 2.61. The van der Waals surface area contributed by atoms with Crippen molar-refractivity contribution in [2.75, 3.05) is 13.1 Å². The summed E-state index contributed by atoms with van der Waals surface area (Å²) < 4.78 is 0.973. The zero-order valence-electron chi connectivity index (χ0n) is 9.48. The Hall–Kier alpha value is -0.880. The van der Waals surface area contributed by atoms with Crippen LogP contribution in [0.5, 0.6) is 0 Å². The van der Waals surface area contributed by atoms with Gasteiger partial charge in [-0.05, 0) is 34.5 Å². The molecule has 0 spiro atoms. The number of aliphatic carboxylic acids is 1. The van der Waals surface area contributed by atoms with E-state index in [4.69, 9.17) is 5.11 Å². The van der Waals surface area contributed by atoms with Gasteiger partial charge in [0.05, 0.1) is 10.2 Å². The Bertz CT molecular complexity index is 405. The van der Waals surface area contributed by atoms with E-state index in [2.05, 4.69) is 15.9 Å². The van der Waals surface area contributed by atoms with E-state index in [9.17, 15) is 9.59 Å². The van der Waals surface area contributed by atoms with Crippen LogP contribution >= 0.6 is 27.3 Å². The lowest BCUT2D eigenvalue weighted by Crippen LogP contribution is -2.37. The summed E-state index contributed by atoms with van der Waals surface area (Å²) in [6, 6.07) is 3.76. The maximum Gasteiger partial charge on any atom is 0.323 e. The van der Waals surface area contributed by atoms with Gasteiger partial charge in [0.15, 0.2) is 0 Å². The highest BCUT2D eigenvalue weighted by atomic mass is 79.9. The third-order valence-electron chi connectivity index (χ3n) is 2.13. The molecule has 0 saturated heterocycles. The summed E-state index contributed by atoms with van der Waals surface area (Å²) in [5.74, 6) is -1.11. The topological polar surface area (TPSA) is 57.6 Å². The molecule has 0 aliphatic rings. The lowest BCUT2D eigenvalue weighted by Gasteiger charge is -2.19. The third-order valence-corrected chi connectivity index (χ3v) is 3.75. The highest BCUT2D eigenvalue weighted by molar-refractivity contribution is 9.11. The summed E-state index contributed by atoms with van der Waals surface area (Å²) in [5, 5.41) is 8.73. The van der Waals surface area contributed by atoms with E-state index < -0.39 is 5.97 Å². The van der Waals surface area contributed by atoms with E-state index in [1.807, 2.05) is 19.1 Å². The Kier molecular flexibility index (Phi) is 5.64. The Morgan fingerprint density at radius 3 is 2.65 bits per heavy atom. The molecule has 1 N–H and O–H groups in total. The maximum atomic E-state index is 11.9. The van der Waals surface area contributed by atoms with Crippen molar-refractivity contribution in [1.29, 1.82) is 0 Å². The zero-order valence-corrected chi connectivity index (χ0v) is 11.9. The lowest BCUT2D eigenvalue weighted by molar-refractivity contribution is -0.144. The van der Waals surface area contributed by atoms with Gasteiger partial charge in [-0.2, -0.15) is 0 Å². The van der Waals surface area contributed by atoms with Crippen LogP contribution in [-0.4, -0.2) is 35.0 Å². The Labute approximate surface area is 112 Å².